The van der Waals surface area contributed by atoms with E-state index in [0.29, 0.717) is 24.7 Å². The number of anilines is 1. The Bertz CT molecular complexity index is 961. The minimum absolute atomic E-state index is 0.0569. The molecule has 0 spiro atoms. The minimum Gasteiger partial charge on any atom is -0.374 e. The van der Waals surface area contributed by atoms with Crippen molar-refractivity contribution in [1.82, 2.24) is 0 Å². The Morgan fingerprint density at radius 3 is 1.85 bits per heavy atom. The zero-order valence-electron chi connectivity index (χ0n) is 18.7. The Morgan fingerprint density at radius 1 is 0.970 bits per heavy atom. The Hall–Kier alpha value is -1.73. The van der Waals surface area contributed by atoms with Gasteiger partial charge in [0.15, 0.2) is 0 Å². The molecule has 9 nitrogen and oxygen atoms in total. The second kappa shape index (κ2) is 13.2. The highest BCUT2D eigenvalue weighted by Gasteiger charge is 2.42. The molecule has 1 rings (SSSR count). The number of hydrogen-bond acceptors (Lipinski definition) is 8. The van der Waals surface area contributed by atoms with Crippen LogP contribution in [-0.4, -0.2) is 46.5 Å². The number of carbonyl (C=O) groups is 2. The number of carbonyl (C=O) groups excluding carboxylic acids is 2. The van der Waals surface area contributed by atoms with Gasteiger partial charge in [0, 0.05) is 32.3 Å². The molecule has 1 aromatic rings. The maximum Gasteiger partial charge on any atom is 0.501 e. The molecule has 0 aliphatic carbocycles. The van der Waals surface area contributed by atoms with E-state index < -0.39 is 26.7 Å². The third-order valence-electron chi connectivity index (χ3n) is 4.34. The van der Waals surface area contributed by atoms with Crippen LogP contribution in [0.15, 0.2) is 0 Å². The summed E-state index contributed by atoms with van der Waals surface area (Å²) in [6.45, 7) is 7.58. The molecule has 33 heavy (non-hydrogen) atoms. The van der Waals surface area contributed by atoms with Crippen molar-refractivity contribution in [3.8, 4) is 12.1 Å². The number of amides is 2. The third kappa shape index (κ3) is 6.66. The largest absolute Gasteiger partial charge is 0.501 e. The normalized spacial score (nSPS) is 12.1. The zero-order valence-corrected chi connectivity index (χ0v) is 22.0. The van der Waals surface area contributed by atoms with Crippen molar-refractivity contribution in [3.05, 3.63) is 26.2 Å². The molecule has 0 heterocycles. The fourth-order valence-corrected chi connectivity index (χ4v) is 6.33. The van der Waals surface area contributed by atoms with Crippen LogP contribution in [0.5, 0.6) is 0 Å². The van der Waals surface area contributed by atoms with Crippen LogP contribution in [0.25, 0.3) is 0 Å². The second-order valence-corrected chi connectivity index (χ2v) is 10.5. The molecule has 0 fully saturated rings. The van der Waals surface area contributed by atoms with Crippen molar-refractivity contribution in [2.24, 2.45) is 5.73 Å². The van der Waals surface area contributed by atoms with Crippen molar-refractivity contribution < 1.29 is 22.9 Å². The fourth-order valence-electron chi connectivity index (χ4n) is 2.99. The summed E-state index contributed by atoms with van der Waals surface area (Å²) in [7, 11) is -3.22. The van der Waals surface area contributed by atoms with Gasteiger partial charge in [-0.2, -0.15) is 10.5 Å². The summed E-state index contributed by atoms with van der Waals surface area (Å²) in [5.74, 6) is -1.59. The van der Waals surface area contributed by atoms with Gasteiger partial charge in [0.25, 0.3) is 0 Å². The molecule has 0 aliphatic heterocycles. The predicted molar refractivity (Wildman–Crippen MR) is 127 cm³/mol. The van der Waals surface area contributed by atoms with Crippen molar-refractivity contribution in [2.75, 3.05) is 24.7 Å². The van der Waals surface area contributed by atoms with Gasteiger partial charge >= 0.3 is 8.80 Å². The second-order valence-electron chi connectivity index (χ2n) is 6.60. The lowest BCUT2D eigenvalue weighted by Crippen LogP contribution is -2.49. The van der Waals surface area contributed by atoms with Crippen LogP contribution in [-0.2, 0) is 22.9 Å². The quantitative estimate of drug-likeness (QED) is 0.331. The van der Waals surface area contributed by atoms with Crippen LogP contribution in [0.2, 0.25) is 21.1 Å². The molecule has 0 aliphatic rings. The van der Waals surface area contributed by atoms with Crippen molar-refractivity contribution in [3.63, 3.8) is 0 Å². The van der Waals surface area contributed by atoms with E-state index in [2.05, 4.69) is 0 Å². The molecule has 2 amide bonds. The standard InChI is InChI=1S/C20H25Cl3N4O5Si/c1-5-30-33(31-6-2,32-7-3)9-8-15(28)27(20(29)12(4)26)19-14(11-25)16(21)13(10-24)17(22)18(19)23/h12H,5-9,26H2,1-4H3/t12-/m0/s1. The summed E-state index contributed by atoms with van der Waals surface area (Å²) >= 11 is 18.6. The number of nitrogens with two attached hydrogens (primary N) is 1. The summed E-state index contributed by atoms with van der Waals surface area (Å²) in [4.78, 5) is 27.0. The Labute approximate surface area is 209 Å². The van der Waals surface area contributed by atoms with Gasteiger partial charge < -0.3 is 19.0 Å². The molecule has 2 N–H and O–H groups in total. The highest BCUT2D eigenvalue weighted by molar-refractivity contribution is 6.61. The maximum atomic E-state index is 13.3. The van der Waals surface area contributed by atoms with Crippen molar-refractivity contribution in [1.29, 1.82) is 10.5 Å². The van der Waals surface area contributed by atoms with Gasteiger partial charge in [0.1, 0.15) is 12.1 Å². The molecule has 13 heteroatoms. The van der Waals surface area contributed by atoms with Crippen molar-refractivity contribution in [2.45, 2.75) is 46.2 Å². The van der Waals surface area contributed by atoms with Gasteiger partial charge in [-0.05, 0) is 27.7 Å². The molecule has 0 saturated carbocycles. The van der Waals surface area contributed by atoms with Gasteiger partial charge in [-0.1, -0.05) is 34.8 Å². The van der Waals surface area contributed by atoms with Crippen LogP contribution in [0.3, 0.4) is 0 Å². The van der Waals surface area contributed by atoms with E-state index in [9.17, 15) is 20.1 Å². The average Bonchev–Trinajstić information content (AvgIpc) is 2.76. The van der Waals surface area contributed by atoms with Crippen LogP contribution < -0.4 is 10.6 Å². The Morgan fingerprint density at radius 2 is 1.45 bits per heavy atom. The van der Waals surface area contributed by atoms with Gasteiger partial charge in [0.2, 0.25) is 11.8 Å². The first-order chi connectivity index (χ1) is 15.5. The molecular formula is C20H25Cl3N4O5Si. The number of rotatable bonds is 11. The monoisotopic (exact) mass is 534 g/mol. The predicted octanol–water partition coefficient (Wildman–Crippen LogP) is 4.04. The average molecular weight is 536 g/mol. The fraction of sp³-hybridized carbons (Fsp3) is 0.500. The lowest BCUT2D eigenvalue weighted by Gasteiger charge is -2.30. The molecule has 0 radical (unpaired) electrons. The molecule has 180 valence electrons. The summed E-state index contributed by atoms with van der Waals surface area (Å²) in [5.41, 5.74) is 4.82. The van der Waals surface area contributed by atoms with Gasteiger partial charge in [0.05, 0.1) is 37.9 Å². The maximum absolute atomic E-state index is 13.3. The highest BCUT2D eigenvalue weighted by atomic mass is 35.5. The van der Waals surface area contributed by atoms with E-state index in [1.165, 1.54) is 6.92 Å². The smallest absolute Gasteiger partial charge is 0.374 e. The first-order valence-corrected chi connectivity index (χ1v) is 13.2. The minimum atomic E-state index is -3.22. The molecule has 1 atom stereocenters. The molecule has 1 aromatic carbocycles. The molecular weight excluding hydrogens is 511 g/mol. The lowest BCUT2D eigenvalue weighted by molar-refractivity contribution is -0.127. The summed E-state index contributed by atoms with van der Waals surface area (Å²) in [5, 5.41) is 18.0. The topological polar surface area (TPSA) is 139 Å². The lowest BCUT2D eigenvalue weighted by atomic mass is 10.1. The van der Waals surface area contributed by atoms with Crippen LogP contribution in [0, 0.1) is 22.7 Å². The first kappa shape index (κ1) is 29.3. The van der Waals surface area contributed by atoms with E-state index in [0.717, 1.165) is 0 Å². The van der Waals surface area contributed by atoms with E-state index in [1.54, 1.807) is 32.9 Å². The number of halogens is 3. The van der Waals surface area contributed by atoms with Gasteiger partial charge in [-0.3, -0.25) is 9.59 Å². The van der Waals surface area contributed by atoms with Crippen molar-refractivity contribution >= 4 is 61.1 Å². The first-order valence-electron chi connectivity index (χ1n) is 10.1. The highest BCUT2D eigenvalue weighted by Crippen LogP contribution is 2.43. The number of hydrogen-bond donors (Lipinski definition) is 1. The van der Waals surface area contributed by atoms with E-state index in [1.807, 2.05) is 0 Å². The molecule has 0 aromatic heterocycles. The Balaban J connectivity index is 3.59. The SMILES string of the molecule is CCO[Si](CCC(=O)N(C(=O)[C@H](C)N)c1c(Cl)c(Cl)c(C#N)c(Cl)c1C#N)(OCC)OCC. The molecule has 0 unspecified atom stereocenters. The summed E-state index contributed by atoms with van der Waals surface area (Å²) in [6, 6.07) is 2.48. The van der Waals surface area contributed by atoms with Gasteiger partial charge in [-0.15, -0.1) is 0 Å². The Kier molecular flexibility index (Phi) is 11.7. The number of nitrogens with zero attached hydrogens (tertiary/aromatic N) is 3. The summed E-state index contributed by atoms with van der Waals surface area (Å²) in [6.07, 6.45) is -0.249. The van der Waals surface area contributed by atoms with Gasteiger partial charge in [-0.25, -0.2) is 4.90 Å². The molecule has 0 saturated heterocycles. The van der Waals surface area contributed by atoms with Crippen LogP contribution in [0.1, 0.15) is 45.2 Å². The summed E-state index contributed by atoms with van der Waals surface area (Å²) < 4.78 is 17.2. The zero-order chi connectivity index (χ0) is 25.3. The van der Waals surface area contributed by atoms with E-state index >= 15 is 0 Å². The third-order valence-corrected chi connectivity index (χ3v) is 8.61. The number of nitriles is 2. The number of imide groups is 1. The molecule has 0 bridgehead atoms. The van der Waals surface area contributed by atoms with E-state index in [-0.39, 0.29) is 44.3 Å². The van der Waals surface area contributed by atoms with E-state index in [4.69, 9.17) is 53.8 Å². The van der Waals surface area contributed by atoms with Crippen LogP contribution in [0.4, 0.5) is 5.69 Å². The number of benzene rings is 1. The van der Waals surface area contributed by atoms with Crippen LogP contribution >= 0.6 is 34.8 Å².